The van der Waals surface area contributed by atoms with Crippen LogP contribution in [0, 0.1) is 13.8 Å². The van der Waals surface area contributed by atoms with E-state index >= 15 is 0 Å². The number of carbonyl (C=O) groups excluding carboxylic acids is 1. The molecule has 3 aromatic rings. The van der Waals surface area contributed by atoms with Crippen LogP contribution in [-0.2, 0) is 11.2 Å². The van der Waals surface area contributed by atoms with Crippen LogP contribution in [0.2, 0.25) is 0 Å². The van der Waals surface area contributed by atoms with Crippen molar-refractivity contribution in [3.05, 3.63) is 53.1 Å². The second-order valence-corrected chi connectivity index (χ2v) is 8.38. The summed E-state index contributed by atoms with van der Waals surface area (Å²) >= 11 is 1.61. The molecule has 0 saturated heterocycles. The highest BCUT2D eigenvalue weighted by Crippen LogP contribution is 2.33. The summed E-state index contributed by atoms with van der Waals surface area (Å²) in [5.74, 6) is 0.863. The van der Waals surface area contributed by atoms with Crippen molar-refractivity contribution in [2.75, 3.05) is 39.2 Å². The number of carbonyl (C=O) groups is 1. The lowest BCUT2D eigenvalue weighted by Crippen LogP contribution is -3.06. The molecule has 0 aliphatic rings. The van der Waals surface area contributed by atoms with Crippen LogP contribution in [0.5, 0.6) is 5.75 Å². The van der Waals surface area contributed by atoms with Crippen molar-refractivity contribution in [3.63, 3.8) is 0 Å². The Bertz CT molecular complexity index is 925. The zero-order valence-corrected chi connectivity index (χ0v) is 18.0. The molecule has 0 aliphatic heterocycles. The summed E-state index contributed by atoms with van der Waals surface area (Å²) < 4.78 is 6.37. The number of amides is 1. The molecule has 1 aromatic heterocycles. The first-order valence-electron chi connectivity index (χ1n) is 9.48. The van der Waals surface area contributed by atoms with Crippen LogP contribution >= 0.6 is 11.3 Å². The second kappa shape index (κ2) is 8.71. The Balaban J connectivity index is 1.90. The number of thiazole rings is 1. The predicted octanol–water partition coefficient (Wildman–Crippen LogP) is 2.64. The number of anilines is 1. The van der Waals surface area contributed by atoms with E-state index in [0.717, 1.165) is 38.8 Å². The molecule has 0 saturated carbocycles. The SMILES string of the molecule is COc1ccc(CC(=O)N(CC[NH+](C)C)c2nc3c(C)ccc(C)c3s2)cc1. The lowest BCUT2D eigenvalue weighted by Gasteiger charge is -2.20. The number of methoxy groups -OCH3 is 1. The standard InChI is InChI=1S/C22H27N3O2S/c1-15-6-7-16(2)21-20(15)23-22(28-21)25(13-12-24(3)4)19(26)14-17-8-10-18(27-5)11-9-17/h6-11H,12-14H2,1-5H3/p+1. The van der Waals surface area contributed by atoms with Gasteiger partial charge in [-0.15, -0.1) is 0 Å². The first kappa shape index (κ1) is 20.3. The number of hydrogen-bond donors (Lipinski definition) is 1. The van der Waals surface area contributed by atoms with Gasteiger partial charge in [0.1, 0.15) is 5.75 Å². The molecule has 6 heteroatoms. The van der Waals surface area contributed by atoms with E-state index in [2.05, 4.69) is 40.1 Å². The highest BCUT2D eigenvalue weighted by atomic mass is 32.1. The molecule has 0 atom stereocenters. The topological polar surface area (TPSA) is 46.9 Å². The number of fused-ring (bicyclic) bond motifs is 1. The average molecular weight is 399 g/mol. The Morgan fingerprint density at radius 2 is 1.79 bits per heavy atom. The highest BCUT2D eigenvalue weighted by Gasteiger charge is 2.22. The van der Waals surface area contributed by atoms with Crippen molar-refractivity contribution >= 4 is 32.6 Å². The number of hydrogen-bond acceptors (Lipinski definition) is 4. The van der Waals surface area contributed by atoms with Gasteiger partial charge in [-0.2, -0.15) is 0 Å². The average Bonchev–Trinajstić information content (AvgIpc) is 3.12. The summed E-state index contributed by atoms with van der Waals surface area (Å²) in [5.41, 5.74) is 4.31. The van der Waals surface area contributed by atoms with Crippen LogP contribution in [-0.4, -0.2) is 45.2 Å². The van der Waals surface area contributed by atoms with Crippen molar-refractivity contribution in [2.45, 2.75) is 20.3 Å². The van der Waals surface area contributed by atoms with E-state index in [1.807, 2.05) is 29.2 Å². The van der Waals surface area contributed by atoms with Gasteiger partial charge in [0.05, 0.1) is 50.9 Å². The molecule has 1 amide bonds. The number of benzene rings is 2. The molecule has 0 fully saturated rings. The predicted molar refractivity (Wildman–Crippen MR) is 116 cm³/mol. The van der Waals surface area contributed by atoms with Gasteiger partial charge < -0.3 is 9.64 Å². The van der Waals surface area contributed by atoms with E-state index in [-0.39, 0.29) is 5.91 Å². The van der Waals surface area contributed by atoms with Crippen molar-refractivity contribution < 1.29 is 14.4 Å². The quantitative estimate of drug-likeness (QED) is 0.666. The Labute approximate surface area is 170 Å². The van der Waals surface area contributed by atoms with E-state index in [4.69, 9.17) is 9.72 Å². The maximum Gasteiger partial charge on any atom is 0.233 e. The fourth-order valence-electron chi connectivity index (χ4n) is 3.04. The molecule has 3 rings (SSSR count). The van der Waals surface area contributed by atoms with Gasteiger partial charge in [0.2, 0.25) is 5.91 Å². The maximum absolute atomic E-state index is 13.2. The normalized spacial score (nSPS) is 11.2. The number of nitrogens with zero attached hydrogens (tertiary/aromatic N) is 2. The lowest BCUT2D eigenvalue weighted by molar-refractivity contribution is -0.856. The number of likely N-dealkylation sites (N-methyl/N-ethyl adjacent to an activating group) is 1. The third-order valence-corrected chi connectivity index (χ3v) is 6.03. The van der Waals surface area contributed by atoms with Crippen LogP contribution < -0.4 is 14.5 Å². The number of aryl methyl sites for hydroxylation is 2. The number of aromatic nitrogens is 1. The first-order valence-corrected chi connectivity index (χ1v) is 10.3. The lowest BCUT2D eigenvalue weighted by atomic mass is 10.1. The van der Waals surface area contributed by atoms with Crippen molar-refractivity contribution in [3.8, 4) is 5.75 Å². The minimum Gasteiger partial charge on any atom is -0.497 e. The minimum absolute atomic E-state index is 0.0702. The molecule has 0 radical (unpaired) electrons. The summed E-state index contributed by atoms with van der Waals surface area (Å²) in [4.78, 5) is 21.2. The number of rotatable bonds is 7. The first-order chi connectivity index (χ1) is 13.4. The summed E-state index contributed by atoms with van der Waals surface area (Å²) in [6, 6.07) is 11.9. The van der Waals surface area contributed by atoms with Gasteiger partial charge in [0.15, 0.2) is 5.13 Å². The van der Waals surface area contributed by atoms with Crippen LogP contribution in [0.3, 0.4) is 0 Å². The smallest absolute Gasteiger partial charge is 0.233 e. The molecule has 0 spiro atoms. The Kier molecular flexibility index (Phi) is 6.31. The van der Waals surface area contributed by atoms with Crippen molar-refractivity contribution in [1.82, 2.24) is 4.98 Å². The molecule has 0 unspecified atom stereocenters. The van der Waals surface area contributed by atoms with E-state index in [1.165, 1.54) is 10.5 Å². The van der Waals surface area contributed by atoms with Crippen molar-refractivity contribution in [2.24, 2.45) is 0 Å². The molecule has 1 N–H and O–H groups in total. The summed E-state index contributed by atoms with van der Waals surface area (Å²) in [6.07, 6.45) is 0.348. The molecule has 0 aliphatic carbocycles. The fraction of sp³-hybridized carbons (Fsp3) is 0.364. The van der Waals surface area contributed by atoms with E-state index in [1.54, 1.807) is 18.4 Å². The summed E-state index contributed by atoms with van der Waals surface area (Å²) in [5, 5.41) is 0.784. The van der Waals surface area contributed by atoms with E-state index in [0.29, 0.717) is 13.0 Å². The van der Waals surface area contributed by atoms with Gasteiger partial charge in [-0.3, -0.25) is 9.69 Å². The fourth-order valence-corrected chi connectivity index (χ4v) is 4.19. The largest absolute Gasteiger partial charge is 0.497 e. The van der Waals surface area contributed by atoms with Gasteiger partial charge in [0, 0.05) is 0 Å². The monoisotopic (exact) mass is 398 g/mol. The zero-order chi connectivity index (χ0) is 20.3. The molecule has 28 heavy (non-hydrogen) atoms. The molecular formula is C22H28N3O2S+. The third-order valence-electron chi connectivity index (χ3n) is 4.81. The van der Waals surface area contributed by atoms with Gasteiger partial charge in [-0.1, -0.05) is 35.6 Å². The van der Waals surface area contributed by atoms with E-state index < -0.39 is 0 Å². The number of quaternary nitrogens is 1. The number of ether oxygens (including phenoxy) is 1. The van der Waals surface area contributed by atoms with Crippen LogP contribution in [0.15, 0.2) is 36.4 Å². The minimum atomic E-state index is 0.0702. The van der Waals surface area contributed by atoms with Gasteiger partial charge in [0.25, 0.3) is 0 Å². The summed E-state index contributed by atoms with van der Waals surface area (Å²) in [6.45, 7) is 5.67. The second-order valence-electron chi connectivity index (χ2n) is 7.40. The number of nitrogens with one attached hydrogen (secondary N) is 1. The Morgan fingerprint density at radius 3 is 2.39 bits per heavy atom. The highest BCUT2D eigenvalue weighted by molar-refractivity contribution is 7.22. The molecule has 2 aromatic carbocycles. The molecule has 148 valence electrons. The molecule has 5 nitrogen and oxygen atoms in total. The summed E-state index contributed by atoms with van der Waals surface area (Å²) in [7, 11) is 5.83. The molecular weight excluding hydrogens is 370 g/mol. The zero-order valence-electron chi connectivity index (χ0n) is 17.2. The molecule has 1 heterocycles. The van der Waals surface area contributed by atoms with Crippen LogP contribution in [0.25, 0.3) is 10.2 Å². The van der Waals surface area contributed by atoms with Crippen LogP contribution in [0.1, 0.15) is 16.7 Å². The van der Waals surface area contributed by atoms with Gasteiger partial charge in [-0.25, -0.2) is 4.98 Å². The Morgan fingerprint density at radius 1 is 1.11 bits per heavy atom. The van der Waals surface area contributed by atoms with Gasteiger partial charge in [-0.05, 0) is 42.7 Å². The van der Waals surface area contributed by atoms with Crippen molar-refractivity contribution in [1.29, 1.82) is 0 Å². The van der Waals surface area contributed by atoms with E-state index in [9.17, 15) is 4.79 Å². The molecule has 0 bridgehead atoms. The Hall–Kier alpha value is -2.44. The third kappa shape index (κ3) is 4.51. The maximum atomic E-state index is 13.2. The van der Waals surface area contributed by atoms with Gasteiger partial charge >= 0.3 is 0 Å². The van der Waals surface area contributed by atoms with Crippen LogP contribution in [0.4, 0.5) is 5.13 Å².